The molecule has 0 saturated carbocycles. The van der Waals surface area contributed by atoms with E-state index in [2.05, 4.69) is 36.1 Å². The summed E-state index contributed by atoms with van der Waals surface area (Å²) in [6.07, 6.45) is -16.1. The minimum Gasteiger partial charge on any atom is -0.229 e. The van der Waals surface area contributed by atoms with Crippen molar-refractivity contribution in [3.63, 3.8) is 0 Å². The molecule has 0 spiro atoms. The van der Waals surface area contributed by atoms with Gasteiger partial charge in [-0.2, -0.15) is 62.9 Å². The van der Waals surface area contributed by atoms with E-state index in [1.807, 2.05) is 0 Å². The second-order valence-electron chi connectivity index (χ2n) is 9.53. The number of fused-ring (bicyclic) bond motifs is 2. The first-order chi connectivity index (χ1) is 21.7. The maximum absolute atomic E-state index is 13.2. The topological polar surface area (TPSA) is 60.4 Å². The van der Waals surface area contributed by atoms with E-state index >= 15 is 0 Å². The molecule has 0 fully saturated rings. The Morgan fingerprint density at radius 1 is 0.511 bits per heavy atom. The SMILES string of the molecule is FC(F)(F)c1ccc(-c2cc(C(F)(F)F)n3ncc(Br)c3n2)cc1.FC(F)(F)c1ccc(-c2cc(C(F)(F)F)n3nccc3n2)cc1. The van der Waals surface area contributed by atoms with Gasteiger partial charge >= 0.3 is 24.7 Å². The van der Waals surface area contributed by atoms with E-state index in [0.717, 1.165) is 73.1 Å². The normalized spacial score (nSPS) is 12.8. The maximum atomic E-state index is 13.2. The Bertz CT molecular complexity index is 2040. The average molecular weight is 741 g/mol. The molecule has 6 nitrogen and oxygen atoms in total. The van der Waals surface area contributed by atoms with Crippen molar-refractivity contribution in [1.29, 1.82) is 0 Å². The van der Waals surface area contributed by atoms with E-state index in [9.17, 15) is 52.7 Å². The fraction of sp³-hybridized carbons (Fsp3) is 0.143. The third-order valence-electron chi connectivity index (χ3n) is 6.38. The summed E-state index contributed by atoms with van der Waals surface area (Å²) in [6.45, 7) is 0. The first kappa shape index (κ1) is 33.7. The number of hydrogen-bond acceptors (Lipinski definition) is 4. The van der Waals surface area contributed by atoms with E-state index in [0.29, 0.717) is 9.03 Å². The zero-order valence-electron chi connectivity index (χ0n) is 22.6. The summed E-state index contributed by atoms with van der Waals surface area (Å²) >= 11 is 3.05. The Morgan fingerprint density at radius 2 is 0.957 bits per heavy atom. The van der Waals surface area contributed by atoms with Gasteiger partial charge in [0.25, 0.3) is 0 Å². The zero-order chi connectivity index (χ0) is 34.5. The summed E-state index contributed by atoms with van der Waals surface area (Å²) in [6, 6.07) is 10.3. The van der Waals surface area contributed by atoms with Crippen LogP contribution in [0.1, 0.15) is 22.5 Å². The van der Waals surface area contributed by atoms with Crippen LogP contribution < -0.4 is 0 Å². The van der Waals surface area contributed by atoms with Gasteiger partial charge in [-0.3, -0.25) is 0 Å². The van der Waals surface area contributed by atoms with Crippen LogP contribution in [0.2, 0.25) is 0 Å². The highest BCUT2D eigenvalue weighted by atomic mass is 79.9. The smallest absolute Gasteiger partial charge is 0.229 e. The molecule has 47 heavy (non-hydrogen) atoms. The van der Waals surface area contributed by atoms with E-state index in [4.69, 9.17) is 0 Å². The van der Waals surface area contributed by atoms with Crippen molar-refractivity contribution in [2.45, 2.75) is 24.7 Å². The lowest BCUT2D eigenvalue weighted by atomic mass is 10.1. The van der Waals surface area contributed by atoms with Gasteiger partial charge in [-0.25, -0.2) is 19.0 Å². The molecule has 0 unspecified atom stereocenters. The lowest BCUT2D eigenvalue weighted by molar-refractivity contribution is -0.143. The van der Waals surface area contributed by atoms with Crippen molar-refractivity contribution in [1.82, 2.24) is 29.2 Å². The molecule has 0 radical (unpaired) electrons. The number of hydrogen-bond donors (Lipinski definition) is 0. The van der Waals surface area contributed by atoms with E-state index < -0.39 is 47.2 Å². The molecule has 0 aliphatic carbocycles. The number of benzene rings is 2. The lowest BCUT2D eigenvalue weighted by Gasteiger charge is -2.12. The predicted octanol–water partition coefficient (Wildman–Crippen LogP) is 9.63. The molecule has 6 rings (SSSR count). The second kappa shape index (κ2) is 11.8. The quantitative estimate of drug-likeness (QED) is 0.166. The molecule has 0 aliphatic rings. The first-order valence-electron chi connectivity index (χ1n) is 12.6. The monoisotopic (exact) mass is 740 g/mol. The van der Waals surface area contributed by atoms with Gasteiger partial charge in [-0.15, -0.1) is 0 Å². The molecule has 0 aliphatic heterocycles. The lowest BCUT2D eigenvalue weighted by Crippen LogP contribution is -2.13. The molecule has 4 aromatic heterocycles. The first-order valence-corrected chi connectivity index (χ1v) is 13.4. The summed E-state index contributed by atoms with van der Waals surface area (Å²) in [5.41, 5.74) is -3.96. The third-order valence-corrected chi connectivity index (χ3v) is 6.94. The highest BCUT2D eigenvalue weighted by molar-refractivity contribution is 9.10. The summed E-state index contributed by atoms with van der Waals surface area (Å²) in [4.78, 5) is 8.03. The minimum absolute atomic E-state index is 0.0466. The van der Waals surface area contributed by atoms with Crippen LogP contribution in [-0.2, 0) is 24.7 Å². The number of aromatic nitrogens is 6. The molecule has 19 heteroatoms. The highest BCUT2D eigenvalue weighted by Crippen LogP contribution is 2.36. The summed E-state index contributed by atoms with van der Waals surface area (Å²) in [5, 5.41) is 7.16. The Balaban J connectivity index is 0.000000185. The van der Waals surface area contributed by atoms with Gasteiger partial charge in [0.2, 0.25) is 0 Å². The molecule has 0 bridgehead atoms. The minimum atomic E-state index is -4.70. The zero-order valence-corrected chi connectivity index (χ0v) is 24.2. The third kappa shape index (κ3) is 7.18. The Kier molecular flexibility index (Phi) is 8.48. The van der Waals surface area contributed by atoms with Crippen LogP contribution in [0.5, 0.6) is 0 Å². The fourth-order valence-corrected chi connectivity index (χ4v) is 4.56. The Hall–Kier alpha value is -4.68. The number of nitrogens with zero attached hydrogens (tertiary/aromatic N) is 6. The fourth-order valence-electron chi connectivity index (χ4n) is 4.21. The van der Waals surface area contributed by atoms with E-state index in [-0.39, 0.29) is 38.3 Å². The summed E-state index contributed by atoms with van der Waals surface area (Å²) < 4.78 is 156. The molecule has 0 saturated heterocycles. The highest BCUT2D eigenvalue weighted by Gasteiger charge is 2.37. The number of alkyl halides is 12. The van der Waals surface area contributed by atoms with Crippen LogP contribution >= 0.6 is 15.9 Å². The van der Waals surface area contributed by atoms with Crippen molar-refractivity contribution in [2.75, 3.05) is 0 Å². The molecular formula is C28H13BrF12N6. The number of halogens is 13. The maximum Gasteiger partial charge on any atom is 0.433 e. The largest absolute Gasteiger partial charge is 0.433 e. The average Bonchev–Trinajstić information content (AvgIpc) is 3.61. The molecule has 6 aromatic rings. The van der Waals surface area contributed by atoms with Crippen molar-refractivity contribution < 1.29 is 52.7 Å². The molecule has 4 heterocycles. The van der Waals surface area contributed by atoms with Gasteiger partial charge in [0.1, 0.15) is 0 Å². The summed E-state index contributed by atoms with van der Waals surface area (Å²) in [7, 11) is 0. The van der Waals surface area contributed by atoms with Crippen molar-refractivity contribution >= 4 is 27.2 Å². The van der Waals surface area contributed by atoms with Crippen LogP contribution in [0.3, 0.4) is 0 Å². The molecule has 0 atom stereocenters. The Labute approximate surface area is 262 Å². The van der Waals surface area contributed by atoms with E-state index in [1.165, 1.54) is 6.07 Å². The molecule has 2 aromatic carbocycles. The van der Waals surface area contributed by atoms with Gasteiger partial charge < -0.3 is 0 Å². The van der Waals surface area contributed by atoms with Crippen molar-refractivity contribution in [2.24, 2.45) is 0 Å². The van der Waals surface area contributed by atoms with Gasteiger partial charge in [0, 0.05) is 17.2 Å². The second-order valence-corrected chi connectivity index (χ2v) is 10.4. The molecule has 246 valence electrons. The number of rotatable bonds is 2. The van der Waals surface area contributed by atoms with Crippen LogP contribution in [0.25, 0.3) is 33.8 Å². The molecule has 0 N–H and O–H groups in total. The Morgan fingerprint density at radius 3 is 1.40 bits per heavy atom. The van der Waals surface area contributed by atoms with Crippen molar-refractivity contribution in [3.8, 4) is 22.5 Å². The summed E-state index contributed by atoms with van der Waals surface area (Å²) in [5.74, 6) is 0. The predicted molar refractivity (Wildman–Crippen MR) is 145 cm³/mol. The van der Waals surface area contributed by atoms with Crippen LogP contribution in [0, 0.1) is 0 Å². The van der Waals surface area contributed by atoms with Crippen molar-refractivity contribution in [3.05, 3.63) is 106 Å². The van der Waals surface area contributed by atoms with E-state index in [1.54, 1.807) is 0 Å². The van der Waals surface area contributed by atoms with Gasteiger partial charge in [0.05, 0.1) is 39.4 Å². The molecular weight excluding hydrogens is 728 g/mol. The van der Waals surface area contributed by atoms with Crippen LogP contribution in [0.15, 0.2) is 83.6 Å². The standard InChI is InChI=1S/C14H6BrF6N3.C14H7F6N3/c15-9-6-22-24-11(14(19,20)21)5-10(23-12(9)24)7-1-3-8(4-2-7)13(16,17)18;15-13(16,17)9-3-1-8(2-4-9)10-7-11(14(18,19)20)23-12(22-10)5-6-21-23/h1-6H;1-7H. The van der Waals surface area contributed by atoms with Gasteiger partial charge in [0.15, 0.2) is 22.7 Å². The van der Waals surface area contributed by atoms with Gasteiger partial charge in [-0.1, -0.05) is 24.3 Å². The van der Waals surface area contributed by atoms with Crippen LogP contribution in [0.4, 0.5) is 52.7 Å². The molecule has 0 amide bonds. The van der Waals surface area contributed by atoms with Gasteiger partial charge in [-0.05, 0) is 52.3 Å². The van der Waals surface area contributed by atoms with Crippen LogP contribution in [-0.4, -0.2) is 29.2 Å².